The number of H-pyrrole nitrogens is 2. The fourth-order valence-corrected chi connectivity index (χ4v) is 5.52. The summed E-state index contributed by atoms with van der Waals surface area (Å²) in [4.78, 5) is 30.2. The average molecular weight is 563 g/mol. The molecule has 12 nitrogen and oxygen atoms in total. The van der Waals surface area contributed by atoms with E-state index >= 15 is 0 Å². The van der Waals surface area contributed by atoms with Gasteiger partial charge in [-0.15, -0.1) is 5.11 Å². The maximum atomic E-state index is 13.3. The molecule has 0 aliphatic heterocycles. The van der Waals surface area contributed by atoms with Gasteiger partial charge in [0.1, 0.15) is 11.4 Å². The Morgan fingerprint density at radius 2 is 1.82 bits per heavy atom. The first kappa shape index (κ1) is 27.0. The van der Waals surface area contributed by atoms with Crippen molar-refractivity contribution in [3.63, 3.8) is 0 Å². The molecule has 0 saturated carbocycles. The molecule has 3 aromatic carbocycles. The molecule has 40 heavy (non-hydrogen) atoms. The summed E-state index contributed by atoms with van der Waals surface area (Å²) >= 11 is 0. The Morgan fingerprint density at radius 3 is 2.58 bits per heavy atom. The van der Waals surface area contributed by atoms with Gasteiger partial charge >= 0.3 is 5.69 Å². The van der Waals surface area contributed by atoms with E-state index in [9.17, 15) is 23.1 Å². The zero-order valence-corrected chi connectivity index (χ0v) is 22.6. The standard InChI is InChI=1S/C27H26N6O6S/c1-15-10-21(23(39-3)12-24(15)40(37,38)28-2)32-33-22-14-27(36,13-16-6-4-5-7-18(16)22)25(34)29-17-8-9-19-20(11-17)31-26(35)30-19/h4-12,14,28,36H,13H2,1-3H3,(H,29,34)(H2,30,31,35). The van der Waals surface area contributed by atoms with Crippen LogP contribution in [0, 0.1) is 6.92 Å². The van der Waals surface area contributed by atoms with Gasteiger partial charge in [-0.25, -0.2) is 17.9 Å². The largest absolute Gasteiger partial charge is 0.494 e. The van der Waals surface area contributed by atoms with Crippen molar-refractivity contribution in [3.8, 4) is 5.75 Å². The van der Waals surface area contributed by atoms with Gasteiger partial charge in [-0.05, 0) is 55.4 Å². The van der Waals surface area contributed by atoms with Crippen LogP contribution in [-0.2, 0) is 21.2 Å². The molecule has 13 heteroatoms. The Balaban J connectivity index is 1.50. The predicted octanol–water partition coefficient (Wildman–Crippen LogP) is 3.13. The van der Waals surface area contributed by atoms with Crippen LogP contribution < -0.4 is 20.5 Å². The molecule has 1 unspecified atom stereocenters. The van der Waals surface area contributed by atoms with Crippen molar-refractivity contribution in [2.24, 2.45) is 10.2 Å². The van der Waals surface area contributed by atoms with E-state index in [0.717, 1.165) is 0 Å². The first-order valence-electron chi connectivity index (χ1n) is 12.1. The number of fused-ring (bicyclic) bond motifs is 2. The minimum Gasteiger partial charge on any atom is -0.494 e. The van der Waals surface area contributed by atoms with E-state index < -0.39 is 21.5 Å². The number of sulfonamides is 1. The van der Waals surface area contributed by atoms with Gasteiger partial charge in [-0.2, -0.15) is 5.11 Å². The Morgan fingerprint density at radius 1 is 1.07 bits per heavy atom. The second-order valence-electron chi connectivity index (χ2n) is 9.28. The molecule has 1 amide bonds. The lowest BCUT2D eigenvalue weighted by Crippen LogP contribution is -2.44. The van der Waals surface area contributed by atoms with Crippen LogP contribution in [0.2, 0.25) is 0 Å². The molecule has 0 bridgehead atoms. The molecule has 1 heterocycles. The molecule has 1 aliphatic rings. The molecule has 0 fully saturated rings. The van der Waals surface area contributed by atoms with E-state index in [2.05, 4.69) is 30.2 Å². The first-order chi connectivity index (χ1) is 19.0. The number of hydrogen-bond donors (Lipinski definition) is 5. The molecule has 0 saturated heterocycles. The van der Waals surface area contributed by atoms with Crippen LogP contribution in [-0.4, -0.2) is 49.2 Å². The van der Waals surface area contributed by atoms with Crippen LogP contribution in [0.1, 0.15) is 16.7 Å². The second-order valence-corrected chi connectivity index (χ2v) is 11.1. The molecule has 4 aromatic rings. The molecule has 5 N–H and O–H groups in total. The third kappa shape index (κ3) is 5.04. The molecular formula is C27H26N6O6S. The fraction of sp³-hybridized carbons (Fsp3) is 0.185. The third-order valence-corrected chi connectivity index (χ3v) is 8.15. The summed E-state index contributed by atoms with van der Waals surface area (Å²) in [6.45, 7) is 1.63. The number of hydrogen-bond acceptors (Lipinski definition) is 8. The van der Waals surface area contributed by atoms with Crippen molar-refractivity contribution in [2.75, 3.05) is 19.5 Å². The summed E-state index contributed by atoms with van der Waals surface area (Å²) in [7, 11) is -1.02. The van der Waals surface area contributed by atoms with E-state index in [1.54, 1.807) is 43.3 Å². The number of methoxy groups -OCH3 is 1. The number of benzene rings is 3. The van der Waals surface area contributed by atoms with Crippen molar-refractivity contribution >= 4 is 44.0 Å². The summed E-state index contributed by atoms with van der Waals surface area (Å²) in [5, 5.41) is 22.8. The van der Waals surface area contributed by atoms with Crippen LogP contribution in [0.15, 0.2) is 80.6 Å². The molecule has 1 atom stereocenters. The van der Waals surface area contributed by atoms with Crippen LogP contribution in [0.3, 0.4) is 0 Å². The lowest BCUT2D eigenvalue weighted by molar-refractivity contribution is -0.129. The summed E-state index contributed by atoms with van der Waals surface area (Å²) in [5.74, 6) is -0.513. The minimum atomic E-state index is -3.73. The molecule has 0 spiro atoms. The molecule has 1 aromatic heterocycles. The highest BCUT2D eigenvalue weighted by Gasteiger charge is 2.39. The Hall–Kier alpha value is -4.59. The summed E-state index contributed by atoms with van der Waals surface area (Å²) in [6, 6.07) is 14.9. The van der Waals surface area contributed by atoms with E-state index in [0.29, 0.717) is 33.4 Å². The summed E-state index contributed by atoms with van der Waals surface area (Å²) in [6.07, 6.45) is 1.33. The lowest BCUT2D eigenvalue weighted by atomic mass is 9.83. The van der Waals surface area contributed by atoms with Gasteiger partial charge in [-0.1, -0.05) is 24.3 Å². The van der Waals surface area contributed by atoms with Crippen molar-refractivity contribution in [1.82, 2.24) is 14.7 Å². The first-order valence-corrected chi connectivity index (χ1v) is 13.6. The number of aliphatic hydroxyl groups is 1. The van der Waals surface area contributed by atoms with Crippen LogP contribution in [0.4, 0.5) is 11.4 Å². The fourth-order valence-electron chi connectivity index (χ4n) is 4.55. The third-order valence-electron chi connectivity index (χ3n) is 6.60. The quantitative estimate of drug-likeness (QED) is 0.216. The number of nitrogens with one attached hydrogen (secondary N) is 4. The van der Waals surface area contributed by atoms with E-state index in [1.807, 2.05) is 6.07 Å². The lowest BCUT2D eigenvalue weighted by Gasteiger charge is -2.29. The zero-order valence-electron chi connectivity index (χ0n) is 21.8. The minimum absolute atomic E-state index is 0.00371. The number of carbonyl (C=O) groups is 1. The number of carbonyl (C=O) groups excluding carboxylic acids is 1. The number of amides is 1. The van der Waals surface area contributed by atoms with Gasteiger partial charge in [0, 0.05) is 23.7 Å². The number of aryl methyl sites for hydroxylation is 1. The Labute approximate surface area is 228 Å². The van der Waals surface area contributed by atoms with Crippen molar-refractivity contribution < 1.29 is 23.1 Å². The van der Waals surface area contributed by atoms with Gasteiger partial charge in [0.2, 0.25) is 10.0 Å². The smallest absolute Gasteiger partial charge is 0.323 e. The number of aromatic amines is 2. The highest BCUT2D eigenvalue weighted by molar-refractivity contribution is 7.89. The normalized spacial score (nSPS) is 17.1. The molecule has 0 radical (unpaired) electrons. The highest BCUT2D eigenvalue weighted by Crippen LogP contribution is 2.37. The number of anilines is 1. The van der Waals surface area contributed by atoms with E-state index in [1.165, 1.54) is 32.4 Å². The van der Waals surface area contributed by atoms with Crippen molar-refractivity contribution in [1.29, 1.82) is 0 Å². The molecular weight excluding hydrogens is 536 g/mol. The van der Waals surface area contributed by atoms with Crippen LogP contribution in [0.25, 0.3) is 16.7 Å². The van der Waals surface area contributed by atoms with E-state index in [-0.39, 0.29) is 34.1 Å². The number of ether oxygens (including phenoxy) is 1. The van der Waals surface area contributed by atoms with E-state index in [4.69, 9.17) is 4.74 Å². The SMILES string of the molecule is CNS(=O)(=O)c1cc(OC)c(N=NC2=CC(O)(C(=O)Nc3ccc4[nH]c(=O)[nH]c4c3)Cc3ccccc32)cc1C. The Bertz CT molecular complexity index is 1870. The number of imidazole rings is 1. The van der Waals surface area contributed by atoms with Crippen LogP contribution >= 0.6 is 0 Å². The van der Waals surface area contributed by atoms with Crippen molar-refractivity contribution in [3.05, 3.63) is 87.8 Å². The number of nitrogens with zero attached hydrogens (tertiary/aromatic N) is 2. The summed E-state index contributed by atoms with van der Waals surface area (Å²) in [5.41, 5.74) is 1.44. The monoisotopic (exact) mass is 562 g/mol. The van der Waals surface area contributed by atoms with Gasteiger partial charge in [0.15, 0.2) is 5.60 Å². The highest BCUT2D eigenvalue weighted by atomic mass is 32.2. The number of rotatable bonds is 7. The topological polar surface area (TPSA) is 178 Å². The predicted molar refractivity (Wildman–Crippen MR) is 149 cm³/mol. The number of aromatic nitrogens is 2. The molecule has 206 valence electrons. The van der Waals surface area contributed by atoms with Crippen LogP contribution in [0.5, 0.6) is 5.75 Å². The number of azo groups is 1. The van der Waals surface area contributed by atoms with Gasteiger partial charge in [0.25, 0.3) is 5.91 Å². The van der Waals surface area contributed by atoms with Gasteiger partial charge in [0.05, 0.1) is 28.7 Å². The zero-order chi connectivity index (χ0) is 28.7. The summed E-state index contributed by atoms with van der Waals surface area (Å²) < 4.78 is 32.4. The Kier molecular flexibility index (Phi) is 6.87. The average Bonchev–Trinajstić information content (AvgIpc) is 3.30. The molecule has 1 aliphatic carbocycles. The second kappa shape index (κ2) is 10.2. The van der Waals surface area contributed by atoms with Gasteiger partial charge in [-0.3, -0.25) is 4.79 Å². The maximum Gasteiger partial charge on any atom is 0.323 e. The van der Waals surface area contributed by atoms with Gasteiger partial charge < -0.3 is 25.1 Å². The van der Waals surface area contributed by atoms with Crippen molar-refractivity contribution in [2.45, 2.75) is 23.8 Å². The maximum absolute atomic E-state index is 13.3. The molecule has 5 rings (SSSR count).